The Morgan fingerprint density at radius 1 is 0.934 bits per heavy atom. The number of aliphatic hydroxyl groups excluding tert-OH is 4. The van der Waals surface area contributed by atoms with Gasteiger partial charge in [-0.2, -0.15) is 0 Å². The summed E-state index contributed by atoms with van der Waals surface area (Å²) in [5, 5.41) is 76.7. The van der Waals surface area contributed by atoms with E-state index in [1.807, 2.05) is 62.4 Å². The van der Waals surface area contributed by atoms with E-state index < -0.39 is 47.5 Å². The molecule has 2 fully saturated rings. The molecule has 1 spiro atoms. The van der Waals surface area contributed by atoms with Crippen molar-refractivity contribution in [2.75, 3.05) is 26.4 Å². The van der Waals surface area contributed by atoms with Crippen molar-refractivity contribution >= 4 is 11.7 Å². The molecule has 3 aromatic carbocycles. The van der Waals surface area contributed by atoms with E-state index in [1.165, 1.54) is 5.57 Å². The fraction of sp³-hybridized carbons (Fsp3) is 0.500. The first-order chi connectivity index (χ1) is 36.5. The summed E-state index contributed by atoms with van der Waals surface area (Å²) in [6.07, 6.45) is 11.7. The van der Waals surface area contributed by atoms with Gasteiger partial charge in [-0.3, -0.25) is 14.9 Å². The zero-order valence-electron chi connectivity index (χ0n) is 44.8. The molecule has 0 unspecified atom stereocenters. The third-order valence-corrected chi connectivity index (χ3v) is 17.4. The second-order valence-corrected chi connectivity index (χ2v) is 22.6. The van der Waals surface area contributed by atoms with Crippen molar-refractivity contribution < 1.29 is 45.0 Å². The minimum Gasteiger partial charge on any atom is -0.508 e. The Morgan fingerprint density at radius 3 is 2.49 bits per heavy atom. The number of phenolic OH excluding ortho intramolecular Hbond substituents is 1. The van der Waals surface area contributed by atoms with Crippen molar-refractivity contribution in [3.63, 3.8) is 0 Å². The SMILES string of the molecule is C=C1/C=C/C=C(\[C@H]2CC[C@@]3([C@@H]4CC[C@H](O)Cc5cc(CCCO)cc(c5)C[C@H](Cc5ccc(O)cc5)[C@H](O)CN[C@H]5C(=O)N[C@@H](N)c6cccc(c65)CC(=O)/C(C)=C/4CC[C@@]3(C)O)[C@@H]2O)COCC#CC/C(C)=C/CC1. The largest absolute Gasteiger partial charge is 0.508 e. The Bertz CT molecular complexity index is 2780. The van der Waals surface area contributed by atoms with Crippen molar-refractivity contribution in [3.05, 3.63) is 158 Å². The van der Waals surface area contributed by atoms with E-state index in [0.717, 1.165) is 51.8 Å². The van der Waals surface area contributed by atoms with Gasteiger partial charge in [0.25, 0.3) is 0 Å². The number of nitrogens with one attached hydrogen (secondary N) is 2. The molecule has 10 atom stereocenters. The number of carbonyl (C=O) groups excluding carboxylic acids is 2. The maximum absolute atomic E-state index is 15.1. The summed E-state index contributed by atoms with van der Waals surface area (Å²) in [5.41, 5.74) is 14.3. The molecule has 2 saturated carbocycles. The molecule has 1 amide bonds. The zero-order chi connectivity index (χ0) is 54.1. The van der Waals surface area contributed by atoms with Crippen LogP contribution >= 0.6 is 0 Å². The van der Waals surface area contributed by atoms with E-state index in [2.05, 4.69) is 60.3 Å². The van der Waals surface area contributed by atoms with Crippen LogP contribution in [0.25, 0.3) is 0 Å². The summed E-state index contributed by atoms with van der Waals surface area (Å²) in [7, 11) is 0. The number of allylic oxidation sites excluding steroid dienone is 8. The summed E-state index contributed by atoms with van der Waals surface area (Å²) in [5.74, 6) is 4.74. The average molecular weight is 1040 g/mol. The number of nitrogens with two attached hydrogens (primary N) is 1. The van der Waals surface area contributed by atoms with Gasteiger partial charge in [0.15, 0.2) is 5.78 Å². The lowest BCUT2D eigenvalue weighted by Crippen LogP contribution is -2.59. The molecule has 0 radical (unpaired) electrons. The monoisotopic (exact) mass is 1040 g/mol. The van der Waals surface area contributed by atoms with Gasteiger partial charge in [0.2, 0.25) is 5.91 Å². The molecule has 3 aromatic rings. The predicted octanol–water partition coefficient (Wildman–Crippen LogP) is 7.73. The molecule has 0 aromatic heterocycles. The van der Waals surface area contributed by atoms with Crippen LogP contribution < -0.4 is 16.4 Å². The van der Waals surface area contributed by atoms with Gasteiger partial charge < -0.3 is 46.4 Å². The van der Waals surface area contributed by atoms with Crippen LogP contribution in [0.15, 0.2) is 119 Å². The second-order valence-electron chi connectivity index (χ2n) is 22.6. The molecule has 406 valence electrons. The third-order valence-electron chi connectivity index (χ3n) is 17.4. The number of fused-ring (bicyclic) bond motifs is 4. The third kappa shape index (κ3) is 13.1. The number of β-amino-alcohol motifs (C(OH)–C–C–N with tert-alkyl or cyclic N) is 1. The maximum Gasteiger partial charge on any atom is 0.243 e. The first-order valence-electron chi connectivity index (χ1n) is 27.6. The molecule has 3 heterocycles. The van der Waals surface area contributed by atoms with Crippen LogP contribution in [0.1, 0.15) is 136 Å². The molecule has 76 heavy (non-hydrogen) atoms. The number of ketones is 1. The summed E-state index contributed by atoms with van der Waals surface area (Å²) < 4.78 is 6.20. The molecule has 5 aliphatic rings. The number of ether oxygens (including phenoxy) is 1. The van der Waals surface area contributed by atoms with Crippen LogP contribution in [0.4, 0.5) is 0 Å². The van der Waals surface area contributed by atoms with Gasteiger partial charge in [0.1, 0.15) is 24.6 Å². The second kappa shape index (κ2) is 25.3. The molecule has 12 nitrogen and oxygen atoms in total. The Kier molecular flexibility index (Phi) is 18.9. The lowest BCUT2D eigenvalue weighted by Gasteiger charge is -2.56. The van der Waals surface area contributed by atoms with Gasteiger partial charge in [0.05, 0.1) is 30.5 Å². The smallest absolute Gasteiger partial charge is 0.243 e. The number of hydrogen-bond donors (Lipinski definition) is 9. The maximum atomic E-state index is 15.1. The summed E-state index contributed by atoms with van der Waals surface area (Å²) in [6.45, 7) is 10.6. The number of Topliss-reactive ketones (excluding diaryl/α,β-unsaturated/α-hetero) is 1. The van der Waals surface area contributed by atoms with Crippen LogP contribution in [0.2, 0.25) is 0 Å². The molecular formula is C64H81N3O9. The number of aryl methyl sites for hydroxylation is 1. The highest BCUT2D eigenvalue weighted by atomic mass is 16.5. The number of aliphatic hydroxyl groups is 5. The Balaban J connectivity index is 1.21. The molecule has 3 aliphatic heterocycles. The quantitative estimate of drug-likeness (QED) is 0.0861. The van der Waals surface area contributed by atoms with Gasteiger partial charge >= 0.3 is 0 Å². The number of aromatic hydroxyl groups is 1. The Morgan fingerprint density at radius 2 is 1.71 bits per heavy atom. The highest BCUT2D eigenvalue weighted by Gasteiger charge is 2.64. The molecule has 8 rings (SSSR count). The van der Waals surface area contributed by atoms with Gasteiger partial charge in [0, 0.05) is 37.3 Å². The Hall–Kier alpha value is -5.46. The minimum atomic E-state index is -1.35. The van der Waals surface area contributed by atoms with Gasteiger partial charge in [-0.1, -0.05) is 108 Å². The van der Waals surface area contributed by atoms with Crippen molar-refractivity contribution in [3.8, 4) is 17.6 Å². The Labute approximate surface area is 449 Å². The molecule has 0 saturated heterocycles. The first kappa shape index (κ1) is 56.7. The highest BCUT2D eigenvalue weighted by Crippen LogP contribution is 2.63. The van der Waals surface area contributed by atoms with Crippen molar-refractivity contribution in [2.45, 2.75) is 153 Å². The van der Waals surface area contributed by atoms with Crippen molar-refractivity contribution in [1.29, 1.82) is 0 Å². The van der Waals surface area contributed by atoms with Crippen LogP contribution in [0.3, 0.4) is 0 Å². The number of phenols is 1. The lowest BCUT2D eigenvalue weighted by molar-refractivity contribution is -0.168. The normalized spacial score (nSPS) is 33.1. The van der Waals surface area contributed by atoms with E-state index in [1.54, 1.807) is 12.1 Å². The van der Waals surface area contributed by atoms with Gasteiger partial charge in [-0.05, 0) is 178 Å². The van der Waals surface area contributed by atoms with Crippen LogP contribution in [0.5, 0.6) is 5.75 Å². The van der Waals surface area contributed by atoms with Crippen LogP contribution in [0, 0.1) is 35.0 Å². The van der Waals surface area contributed by atoms with E-state index in [9.17, 15) is 35.4 Å². The minimum absolute atomic E-state index is 0.0149. The van der Waals surface area contributed by atoms with Crippen LogP contribution in [-0.2, 0) is 46.4 Å². The van der Waals surface area contributed by atoms with E-state index in [0.29, 0.717) is 99.3 Å². The number of rotatable bonds is 6. The lowest BCUT2D eigenvalue weighted by atomic mass is 9.52. The van der Waals surface area contributed by atoms with E-state index in [4.69, 9.17) is 10.5 Å². The predicted molar refractivity (Wildman–Crippen MR) is 297 cm³/mol. The molecule has 2 aliphatic carbocycles. The summed E-state index contributed by atoms with van der Waals surface area (Å²) >= 11 is 0. The molecule has 12 heteroatoms. The number of hydrogen-bond acceptors (Lipinski definition) is 11. The molecular weight excluding hydrogens is 955 g/mol. The topological polar surface area (TPSA) is 215 Å². The fourth-order valence-corrected chi connectivity index (χ4v) is 13.2. The number of amides is 1. The van der Waals surface area contributed by atoms with E-state index in [-0.39, 0.29) is 62.1 Å². The first-order valence-corrected chi connectivity index (χ1v) is 27.6. The summed E-state index contributed by atoms with van der Waals surface area (Å²) in [4.78, 5) is 29.2. The average Bonchev–Trinajstić information content (AvgIpc) is 3.81. The number of carbonyl (C=O) groups is 2. The van der Waals surface area contributed by atoms with Gasteiger partial charge in [-0.25, -0.2) is 0 Å². The molecule has 10 N–H and O–H groups in total. The van der Waals surface area contributed by atoms with Gasteiger partial charge in [-0.15, -0.1) is 0 Å². The number of benzene rings is 3. The van der Waals surface area contributed by atoms with Crippen molar-refractivity contribution in [2.24, 2.45) is 28.9 Å². The van der Waals surface area contributed by atoms with Crippen molar-refractivity contribution in [1.82, 2.24) is 10.6 Å². The molecule has 2 bridgehead atoms. The fourth-order valence-electron chi connectivity index (χ4n) is 13.2. The summed E-state index contributed by atoms with van der Waals surface area (Å²) in [6, 6.07) is 17.8. The van der Waals surface area contributed by atoms with E-state index >= 15 is 4.79 Å². The zero-order valence-corrected chi connectivity index (χ0v) is 44.8. The van der Waals surface area contributed by atoms with Crippen LogP contribution in [-0.4, -0.2) is 92.6 Å². The standard InChI is InChI=1S/C64H81N3O9/c1-40-11-5-6-30-76-39-48(17-8-14-41(2)13-7-12-40)53-26-28-64(60(53)73)55-24-23-51(70)36-46-32-44(15-10-29-68)31-45(33-46)35-49(34-43-19-21-50(69)22-20-43)57(72)38-66-59-58-47(16-9-18-54(58)61(65)67-62(59)74)37-56(71)42(3)52(55)25-27-63(64,4)75/h8-9,12,14,16-22,31-33,49,51,53,55,57,59-61,66,68-70,72-73,75H,2,7,10-11,13,15,23-30,34-39,65H2,1,3-4H3,(H,67,74)/b14-8+,40-12+,48-17-,52-42+/t49-,51-,53+,55+,57+,59+,60+,61+,63+,64+/m0/s1. The highest BCUT2D eigenvalue weighted by molar-refractivity contribution is 5.98.